The average Bonchev–Trinajstić information content (AvgIpc) is 3.07. The van der Waals surface area contributed by atoms with Crippen LogP contribution in [0.4, 0.5) is 5.69 Å². The van der Waals surface area contributed by atoms with E-state index >= 15 is 0 Å². The fraction of sp³-hybridized carbons (Fsp3) is 0.364. The summed E-state index contributed by atoms with van der Waals surface area (Å²) in [5.74, 6) is -0.231. The Labute approximate surface area is 114 Å². The number of carbonyl (C=O) groups is 1. The normalized spacial score (nSPS) is 10.4. The predicted octanol–water partition coefficient (Wildman–Crippen LogP) is 0.438. The number of carbonyl (C=O) groups excluding carboxylic acids is 1. The number of nitro groups is 1. The molecule has 0 spiro atoms. The first kappa shape index (κ1) is 13.7. The molecule has 0 aliphatic rings. The summed E-state index contributed by atoms with van der Waals surface area (Å²) < 4.78 is 3.00. The van der Waals surface area contributed by atoms with Crippen molar-refractivity contribution >= 4 is 11.6 Å². The minimum atomic E-state index is -0.512. The van der Waals surface area contributed by atoms with Gasteiger partial charge in [-0.2, -0.15) is 10.2 Å². The molecule has 9 nitrogen and oxygen atoms in total. The number of nitrogens with zero attached hydrogens (tertiary/aromatic N) is 5. The second-order valence-corrected chi connectivity index (χ2v) is 4.01. The largest absolute Gasteiger partial charge is 0.349 e. The van der Waals surface area contributed by atoms with Gasteiger partial charge in [0.2, 0.25) is 0 Å². The van der Waals surface area contributed by atoms with Gasteiger partial charge < -0.3 is 5.32 Å². The molecule has 0 atom stereocenters. The molecule has 0 saturated heterocycles. The summed E-state index contributed by atoms with van der Waals surface area (Å²) in [6.07, 6.45) is 4.06. The third-order valence-corrected chi connectivity index (χ3v) is 2.71. The molecule has 9 heteroatoms. The molecule has 0 unspecified atom stereocenters. The molecule has 106 valence electrons. The van der Waals surface area contributed by atoms with E-state index in [-0.39, 0.29) is 11.6 Å². The van der Waals surface area contributed by atoms with Gasteiger partial charge in [0.05, 0.1) is 11.5 Å². The number of aryl methyl sites for hydroxylation is 1. The predicted molar refractivity (Wildman–Crippen MR) is 69.1 cm³/mol. The molecular weight excluding hydrogens is 264 g/mol. The first-order valence-corrected chi connectivity index (χ1v) is 6.08. The molecule has 0 saturated carbocycles. The zero-order valence-electron chi connectivity index (χ0n) is 10.9. The van der Waals surface area contributed by atoms with Crippen LogP contribution in [0.2, 0.25) is 0 Å². The summed E-state index contributed by atoms with van der Waals surface area (Å²) in [6, 6.07) is 1.64. The van der Waals surface area contributed by atoms with E-state index < -0.39 is 4.92 Å². The van der Waals surface area contributed by atoms with Gasteiger partial charge in [0.15, 0.2) is 0 Å². The van der Waals surface area contributed by atoms with Crippen molar-refractivity contribution < 1.29 is 9.72 Å². The number of rotatable bonds is 6. The third-order valence-electron chi connectivity index (χ3n) is 2.71. The molecule has 0 radical (unpaired) electrons. The minimum Gasteiger partial charge on any atom is -0.349 e. The van der Waals surface area contributed by atoms with Crippen LogP contribution in [0.1, 0.15) is 17.4 Å². The van der Waals surface area contributed by atoms with Gasteiger partial charge in [0.1, 0.15) is 18.1 Å². The summed E-state index contributed by atoms with van der Waals surface area (Å²) in [7, 11) is 0. The Morgan fingerprint density at radius 2 is 2.30 bits per heavy atom. The number of nitrogens with one attached hydrogen (secondary N) is 1. The van der Waals surface area contributed by atoms with Gasteiger partial charge >= 0.3 is 5.69 Å². The van der Waals surface area contributed by atoms with E-state index in [1.54, 1.807) is 16.9 Å². The maximum Gasteiger partial charge on any atom is 0.306 e. The number of hydrogen-bond donors (Lipinski definition) is 1. The van der Waals surface area contributed by atoms with E-state index in [2.05, 4.69) is 15.5 Å². The second-order valence-electron chi connectivity index (χ2n) is 4.01. The van der Waals surface area contributed by atoms with Crippen LogP contribution in [-0.4, -0.2) is 36.9 Å². The lowest BCUT2D eigenvalue weighted by Gasteiger charge is -2.06. The van der Waals surface area contributed by atoms with E-state index in [0.29, 0.717) is 25.3 Å². The molecule has 2 rings (SSSR count). The number of aromatic nitrogens is 4. The monoisotopic (exact) mass is 278 g/mol. The highest BCUT2D eigenvalue weighted by molar-refractivity contribution is 5.92. The van der Waals surface area contributed by atoms with Gasteiger partial charge in [-0.25, -0.2) is 0 Å². The SMILES string of the molecule is CCn1nccc1C(=O)NCCn1cc([N+](=O)[O-])cn1. The van der Waals surface area contributed by atoms with Gasteiger partial charge in [-0.3, -0.25) is 24.3 Å². The smallest absolute Gasteiger partial charge is 0.306 e. The highest BCUT2D eigenvalue weighted by Gasteiger charge is 2.11. The molecular formula is C11H14N6O3. The Hall–Kier alpha value is -2.71. The molecule has 0 bridgehead atoms. The Morgan fingerprint density at radius 3 is 2.95 bits per heavy atom. The maximum atomic E-state index is 11.9. The lowest BCUT2D eigenvalue weighted by Crippen LogP contribution is -2.29. The van der Waals surface area contributed by atoms with E-state index in [9.17, 15) is 14.9 Å². The average molecular weight is 278 g/mol. The van der Waals surface area contributed by atoms with E-state index in [1.165, 1.54) is 17.1 Å². The lowest BCUT2D eigenvalue weighted by molar-refractivity contribution is -0.385. The molecule has 2 heterocycles. The molecule has 1 N–H and O–H groups in total. The summed E-state index contributed by atoms with van der Waals surface area (Å²) >= 11 is 0. The molecule has 20 heavy (non-hydrogen) atoms. The molecule has 0 aliphatic carbocycles. The highest BCUT2D eigenvalue weighted by atomic mass is 16.6. The van der Waals surface area contributed by atoms with Crippen molar-refractivity contribution in [3.05, 3.63) is 40.5 Å². The molecule has 0 aliphatic heterocycles. The van der Waals surface area contributed by atoms with E-state index in [0.717, 1.165) is 0 Å². The summed E-state index contributed by atoms with van der Waals surface area (Å²) in [5.41, 5.74) is 0.416. The standard InChI is InChI=1S/C11H14N6O3/c1-2-16-10(3-4-13-16)11(18)12-5-6-15-8-9(7-14-15)17(19)20/h3-4,7-8H,2,5-6H2,1H3,(H,12,18). The second kappa shape index (κ2) is 5.95. The first-order chi connectivity index (χ1) is 9.61. The lowest BCUT2D eigenvalue weighted by atomic mass is 10.4. The van der Waals surface area contributed by atoms with Crippen molar-refractivity contribution in [1.82, 2.24) is 24.9 Å². The van der Waals surface area contributed by atoms with Crippen LogP contribution in [0.25, 0.3) is 0 Å². The topological polar surface area (TPSA) is 108 Å². The van der Waals surface area contributed by atoms with Crippen LogP contribution >= 0.6 is 0 Å². The van der Waals surface area contributed by atoms with Gasteiger partial charge in [-0.1, -0.05) is 0 Å². The maximum absolute atomic E-state index is 11.9. The Balaban J connectivity index is 1.86. The Morgan fingerprint density at radius 1 is 1.50 bits per heavy atom. The van der Waals surface area contributed by atoms with Crippen LogP contribution in [0.15, 0.2) is 24.7 Å². The molecule has 0 aromatic carbocycles. The Kier molecular flexibility index (Phi) is 4.08. The molecule has 0 fully saturated rings. The summed E-state index contributed by atoms with van der Waals surface area (Å²) in [5, 5.41) is 21.1. The molecule has 1 amide bonds. The summed E-state index contributed by atoms with van der Waals surface area (Å²) in [6.45, 7) is 3.19. The van der Waals surface area contributed by atoms with E-state index in [1.807, 2.05) is 6.92 Å². The van der Waals surface area contributed by atoms with Gasteiger partial charge in [-0.15, -0.1) is 0 Å². The van der Waals surface area contributed by atoms with Crippen LogP contribution in [0.5, 0.6) is 0 Å². The van der Waals surface area contributed by atoms with E-state index in [4.69, 9.17) is 0 Å². The van der Waals surface area contributed by atoms with Crippen LogP contribution in [0, 0.1) is 10.1 Å². The van der Waals surface area contributed by atoms with Gasteiger partial charge in [0, 0.05) is 19.3 Å². The van der Waals surface area contributed by atoms with Crippen LogP contribution < -0.4 is 5.32 Å². The van der Waals surface area contributed by atoms with Crippen molar-refractivity contribution in [2.45, 2.75) is 20.0 Å². The highest BCUT2D eigenvalue weighted by Crippen LogP contribution is 2.07. The van der Waals surface area contributed by atoms with Crippen molar-refractivity contribution in [2.75, 3.05) is 6.54 Å². The first-order valence-electron chi connectivity index (χ1n) is 6.08. The fourth-order valence-electron chi connectivity index (χ4n) is 1.72. The number of hydrogen-bond acceptors (Lipinski definition) is 5. The van der Waals surface area contributed by atoms with Crippen molar-refractivity contribution in [1.29, 1.82) is 0 Å². The minimum absolute atomic E-state index is 0.0691. The number of amides is 1. The van der Waals surface area contributed by atoms with Crippen molar-refractivity contribution in [2.24, 2.45) is 0 Å². The molecule has 2 aromatic heterocycles. The van der Waals surface area contributed by atoms with Crippen molar-refractivity contribution in [3.63, 3.8) is 0 Å². The Bertz CT molecular complexity index is 617. The van der Waals surface area contributed by atoms with Crippen LogP contribution in [0.3, 0.4) is 0 Å². The zero-order valence-corrected chi connectivity index (χ0v) is 10.9. The summed E-state index contributed by atoms with van der Waals surface area (Å²) in [4.78, 5) is 21.9. The van der Waals surface area contributed by atoms with Crippen molar-refractivity contribution in [3.8, 4) is 0 Å². The van der Waals surface area contributed by atoms with Gasteiger partial charge in [0.25, 0.3) is 5.91 Å². The third kappa shape index (κ3) is 2.99. The van der Waals surface area contributed by atoms with Gasteiger partial charge in [-0.05, 0) is 13.0 Å². The quantitative estimate of drug-likeness (QED) is 0.609. The zero-order chi connectivity index (χ0) is 14.5. The van der Waals surface area contributed by atoms with Crippen LogP contribution in [-0.2, 0) is 13.1 Å². The molecule has 2 aromatic rings. The fourth-order valence-corrected chi connectivity index (χ4v) is 1.72.